The molecule has 0 fully saturated rings. The van der Waals surface area contributed by atoms with Crippen LogP contribution in [0.25, 0.3) is 0 Å². The third kappa shape index (κ3) is 3.98. The molecule has 0 radical (unpaired) electrons. The quantitative estimate of drug-likeness (QED) is 0.229. The number of hydrogen-bond donors (Lipinski definition) is 0. The van der Waals surface area contributed by atoms with E-state index in [2.05, 4.69) is 19.6 Å². The Kier molecular flexibility index (Phi) is 5.90. The van der Waals surface area contributed by atoms with Crippen molar-refractivity contribution in [2.75, 3.05) is 0 Å². The van der Waals surface area contributed by atoms with Crippen LogP contribution in [0.4, 0.5) is 13.2 Å². The molecule has 28 heavy (non-hydrogen) atoms. The van der Waals surface area contributed by atoms with Gasteiger partial charge in [0.1, 0.15) is 0 Å². The highest BCUT2D eigenvalue weighted by Crippen LogP contribution is 2.68. The Morgan fingerprint density at radius 1 is 0.679 bits per heavy atom. The van der Waals surface area contributed by atoms with Crippen LogP contribution in [0, 0.1) is 0 Å². The number of hydrogen-bond acceptors (Lipinski definition) is 2. The number of rotatable bonds is 5. The van der Waals surface area contributed by atoms with Gasteiger partial charge >= 0.3 is 15.6 Å². The second kappa shape index (κ2) is 7.90. The number of benzene rings is 3. The van der Waals surface area contributed by atoms with Crippen molar-refractivity contribution in [2.24, 2.45) is 0 Å². The Balaban J connectivity index is 2.38. The molecule has 0 heterocycles. The van der Waals surface area contributed by atoms with Gasteiger partial charge in [0, 0.05) is 4.47 Å². The van der Waals surface area contributed by atoms with Crippen molar-refractivity contribution in [1.29, 1.82) is 0 Å². The second-order valence-corrected chi connectivity index (χ2v) is 11.2. The molecule has 0 atom stereocenters. The van der Waals surface area contributed by atoms with E-state index in [-0.39, 0.29) is 0 Å². The van der Waals surface area contributed by atoms with Gasteiger partial charge in [-0.05, 0) is 48.5 Å². The van der Waals surface area contributed by atoms with Crippen LogP contribution in [0.5, 0.6) is 0 Å². The summed E-state index contributed by atoms with van der Waals surface area (Å²) in [7, 11) is -8.85. The smallest absolute Gasteiger partial charge is 0.255 e. The van der Waals surface area contributed by atoms with Crippen molar-refractivity contribution in [3.8, 4) is 0 Å². The fourth-order valence-electron chi connectivity index (χ4n) is 2.59. The topological polar surface area (TPSA) is 46.9 Å². The molecule has 3 aromatic carbocycles. The summed E-state index contributed by atoms with van der Waals surface area (Å²) in [6, 6.07) is 22.9. The largest absolute Gasteiger partial charge is 0.572 e. The van der Waals surface area contributed by atoms with Gasteiger partial charge in [0.25, 0.3) is 0 Å². The normalized spacial score (nSPS) is 13.3. The Morgan fingerprint density at radius 3 is 1.46 bits per heavy atom. The number of alkyl halides is 3. The molecule has 0 aliphatic carbocycles. The summed E-state index contributed by atoms with van der Waals surface area (Å²) in [5, 5.41) is 0. The fourth-order valence-corrected chi connectivity index (χ4v) is 7.85. The molecule has 9 heteroatoms. The second-order valence-electron chi connectivity index (χ2n) is 5.66. The Labute approximate surface area is 170 Å². The first-order valence-electron chi connectivity index (χ1n) is 7.91. The van der Waals surface area contributed by atoms with Crippen LogP contribution < -0.4 is 0 Å². The van der Waals surface area contributed by atoms with Crippen LogP contribution in [0.15, 0.2) is 104 Å². The molecule has 3 rings (SSSR count). The Morgan fingerprint density at radius 2 is 1.07 bits per heavy atom. The van der Waals surface area contributed by atoms with Crippen LogP contribution in [-0.4, -0.2) is 17.6 Å². The molecule has 3 nitrogen and oxygen atoms in total. The molecule has 0 aliphatic rings. The Bertz CT molecular complexity index is 1000. The molecular formula is C19H15BrF3O3S2+. The summed E-state index contributed by atoms with van der Waals surface area (Å²) in [6.45, 7) is 0. The van der Waals surface area contributed by atoms with Crippen LogP contribution in [0.2, 0.25) is 0 Å². The fraction of sp³-hybridized carbons (Fsp3) is 0.0526. The van der Waals surface area contributed by atoms with E-state index in [1.54, 1.807) is 84.9 Å². The highest BCUT2D eigenvalue weighted by molar-refractivity contribution is 9.10. The van der Waals surface area contributed by atoms with Crippen molar-refractivity contribution in [3.63, 3.8) is 0 Å². The predicted molar refractivity (Wildman–Crippen MR) is 107 cm³/mol. The van der Waals surface area contributed by atoms with Crippen molar-refractivity contribution in [1.82, 2.24) is 0 Å². The lowest BCUT2D eigenvalue weighted by atomic mass is 10.4. The maximum atomic E-state index is 13.3. The molecule has 0 aromatic heterocycles. The summed E-state index contributed by atoms with van der Waals surface area (Å²) < 4.78 is 68.5. The lowest BCUT2D eigenvalue weighted by Crippen LogP contribution is -2.30. The molecule has 148 valence electrons. The van der Waals surface area contributed by atoms with Gasteiger partial charge in [-0.1, -0.05) is 52.3 Å². The first kappa shape index (κ1) is 20.9. The van der Waals surface area contributed by atoms with E-state index < -0.39 is 25.9 Å². The molecule has 1 N–H and O–H groups in total. The summed E-state index contributed by atoms with van der Waals surface area (Å²) >= 11 is 3.30. The van der Waals surface area contributed by atoms with E-state index in [4.69, 9.17) is 0 Å². The molecule has 0 aliphatic heterocycles. The van der Waals surface area contributed by atoms with E-state index in [1.165, 1.54) is 0 Å². The minimum Gasteiger partial charge on any atom is -0.255 e. The van der Waals surface area contributed by atoms with Crippen molar-refractivity contribution in [2.45, 2.75) is 20.2 Å². The van der Waals surface area contributed by atoms with Gasteiger partial charge in [-0.3, -0.25) is 3.63 Å². The zero-order chi connectivity index (χ0) is 20.4. The minimum atomic E-state index is -5.76. The van der Waals surface area contributed by atoms with Gasteiger partial charge in [-0.15, -0.1) is 8.42 Å². The van der Waals surface area contributed by atoms with E-state index in [9.17, 15) is 21.6 Å². The standard InChI is InChI=1S/C19H14BrF3O3S2/c20-15-11-13-18(14-12-15)27(16-7-3-1-4-8-16,17-9-5-2-6-10-17)26-28(24,25)19(21,22)23/h1-14H/p+1. The summed E-state index contributed by atoms with van der Waals surface area (Å²) in [6.07, 6.45) is 0. The predicted octanol–water partition coefficient (Wildman–Crippen LogP) is 6.59. The maximum absolute atomic E-state index is 13.3. The molecule has 0 bridgehead atoms. The summed E-state index contributed by atoms with van der Waals surface area (Å²) in [5.41, 5.74) is -5.50. The molecule has 0 saturated heterocycles. The van der Waals surface area contributed by atoms with Gasteiger partial charge in [-0.25, -0.2) is 0 Å². The first-order valence-corrected chi connectivity index (χ1v) is 11.7. The average Bonchev–Trinajstić information content (AvgIpc) is 2.67. The highest BCUT2D eigenvalue weighted by atomic mass is 79.9. The van der Waals surface area contributed by atoms with Crippen LogP contribution >= 0.6 is 26.2 Å². The Hall–Kier alpha value is -1.81. The van der Waals surface area contributed by atoms with Gasteiger partial charge in [0.2, 0.25) is 0 Å². The zero-order valence-electron chi connectivity index (χ0n) is 14.2. The SMILES string of the molecule is O=S(=O)([OH+]S(c1ccccc1)(c1ccccc1)c1ccc(Br)cc1)C(F)(F)F. The summed E-state index contributed by atoms with van der Waals surface area (Å²) in [5.74, 6) is 0. The van der Waals surface area contributed by atoms with Crippen molar-refractivity contribution in [3.05, 3.63) is 89.4 Å². The van der Waals surface area contributed by atoms with Gasteiger partial charge in [-0.2, -0.15) is 13.2 Å². The average molecular weight is 492 g/mol. The lowest BCUT2D eigenvalue weighted by molar-refractivity contribution is -0.0540. The zero-order valence-corrected chi connectivity index (χ0v) is 17.4. The van der Waals surface area contributed by atoms with E-state index >= 15 is 0 Å². The molecule has 0 spiro atoms. The molecule has 0 saturated carbocycles. The van der Waals surface area contributed by atoms with E-state index in [0.29, 0.717) is 19.2 Å². The molecule has 3 aromatic rings. The van der Waals surface area contributed by atoms with E-state index in [1.807, 2.05) is 0 Å². The maximum Gasteiger partial charge on any atom is 0.572 e. The van der Waals surface area contributed by atoms with Gasteiger partial charge in [0.05, 0.1) is 25.0 Å². The van der Waals surface area contributed by atoms with Crippen molar-refractivity contribution >= 4 is 36.4 Å². The van der Waals surface area contributed by atoms with Crippen LogP contribution in [0.3, 0.4) is 0 Å². The highest BCUT2D eigenvalue weighted by Gasteiger charge is 2.57. The number of halogens is 4. The first-order chi connectivity index (χ1) is 13.2. The van der Waals surface area contributed by atoms with Crippen LogP contribution in [-0.2, 0) is 10.1 Å². The molecule has 0 unspecified atom stereocenters. The van der Waals surface area contributed by atoms with Gasteiger partial charge < -0.3 is 0 Å². The van der Waals surface area contributed by atoms with E-state index in [0.717, 1.165) is 0 Å². The lowest BCUT2D eigenvalue weighted by Gasteiger charge is -2.34. The van der Waals surface area contributed by atoms with Gasteiger partial charge in [0.15, 0.2) is 0 Å². The monoisotopic (exact) mass is 491 g/mol. The third-order valence-electron chi connectivity index (χ3n) is 3.83. The minimum absolute atomic E-state index is 0.376. The van der Waals surface area contributed by atoms with Crippen molar-refractivity contribution < 1.29 is 25.2 Å². The third-order valence-corrected chi connectivity index (χ3v) is 9.48. The molecular weight excluding hydrogens is 477 g/mol. The summed E-state index contributed by atoms with van der Waals surface area (Å²) in [4.78, 5) is 1.15. The van der Waals surface area contributed by atoms with Crippen LogP contribution in [0.1, 0.15) is 0 Å². The molecule has 0 amide bonds.